The van der Waals surface area contributed by atoms with Crippen LogP contribution < -0.4 is 10.2 Å². The number of hydrogen-bond donors (Lipinski definition) is 1. The molecule has 0 bridgehead atoms. The lowest BCUT2D eigenvalue weighted by molar-refractivity contribution is -0.126. The van der Waals surface area contributed by atoms with Crippen molar-refractivity contribution in [3.63, 3.8) is 0 Å². The molecule has 6 heteroatoms. The third kappa shape index (κ3) is 1.99. The number of carbonyl (C=O) groups excluding carboxylic acids is 2. The Balaban J connectivity index is 1.99. The highest BCUT2D eigenvalue weighted by atomic mass is 32.2. The highest BCUT2D eigenvalue weighted by molar-refractivity contribution is 7.98. The number of amides is 3. The lowest BCUT2D eigenvalue weighted by Crippen LogP contribution is -2.53. The van der Waals surface area contributed by atoms with Crippen molar-refractivity contribution < 1.29 is 14.3 Å². The molecule has 2 aliphatic rings. The highest BCUT2D eigenvalue weighted by Crippen LogP contribution is 2.36. The fraction of sp³-hybridized carbons (Fsp3) is 0.429. The molecule has 0 aromatic heterocycles. The first-order valence-corrected chi connectivity index (χ1v) is 7.77. The van der Waals surface area contributed by atoms with Crippen molar-refractivity contribution in [3.05, 3.63) is 24.3 Å². The molecule has 2 fully saturated rings. The van der Waals surface area contributed by atoms with Crippen LogP contribution in [0, 0.1) is 0 Å². The van der Waals surface area contributed by atoms with Crippen LogP contribution in [0.4, 0.5) is 10.5 Å². The molecule has 2 heterocycles. The van der Waals surface area contributed by atoms with Gasteiger partial charge in [-0.15, -0.1) is 11.8 Å². The van der Waals surface area contributed by atoms with Gasteiger partial charge >= 0.3 is 6.03 Å². The molecule has 1 aromatic rings. The molecule has 1 aromatic carbocycles. The summed E-state index contributed by atoms with van der Waals surface area (Å²) in [6.07, 6.45) is 3.07. The van der Waals surface area contributed by atoms with E-state index in [-0.39, 0.29) is 11.9 Å². The van der Waals surface area contributed by atoms with E-state index in [1.54, 1.807) is 16.7 Å². The molecule has 3 amide bonds. The number of carbonyl (C=O) groups is 2. The maximum atomic E-state index is 12.2. The fourth-order valence-corrected chi connectivity index (χ4v) is 3.23. The van der Waals surface area contributed by atoms with E-state index in [4.69, 9.17) is 4.74 Å². The zero-order valence-electron chi connectivity index (χ0n) is 11.2. The van der Waals surface area contributed by atoms with Crippen molar-refractivity contribution >= 4 is 29.4 Å². The van der Waals surface area contributed by atoms with Crippen molar-refractivity contribution in [3.8, 4) is 0 Å². The summed E-state index contributed by atoms with van der Waals surface area (Å²) in [6.45, 7) is 1.00. The van der Waals surface area contributed by atoms with Crippen molar-refractivity contribution in [2.75, 3.05) is 24.4 Å². The minimum Gasteiger partial charge on any atom is -0.381 e. The molecule has 0 radical (unpaired) electrons. The average Bonchev–Trinajstić information content (AvgIpc) is 2.71. The lowest BCUT2D eigenvalue weighted by Gasteiger charge is -2.38. The smallest absolute Gasteiger partial charge is 0.329 e. The van der Waals surface area contributed by atoms with Crippen molar-refractivity contribution in [1.29, 1.82) is 0 Å². The molecule has 2 aliphatic heterocycles. The molecule has 3 rings (SSSR count). The normalized spacial score (nSPS) is 21.4. The summed E-state index contributed by atoms with van der Waals surface area (Å²) >= 11 is 1.64. The van der Waals surface area contributed by atoms with Gasteiger partial charge in [-0.25, -0.2) is 4.79 Å². The number of benzene rings is 1. The monoisotopic (exact) mass is 292 g/mol. The second kappa shape index (κ2) is 5.10. The van der Waals surface area contributed by atoms with Crippen LogP contribution in [-0.4, -0.2) is 36.9 Å². The fourth-order valence-electron chi connectivity index (χ4n) is 2.82. The summed E-state index contributed by atoms with van der Waals surface area (Å²) < 4.78 is 5.34. The number of urea groups is 1. The first-order chi connectivity index (χ1) is 9.67. The van der Waals surface area contributed by atoms with Gasteiger partial charge in [0.05, 0.1) is 0 Å². The standard InChI is InChI=1S/C14H16N2O3S/c1-20-11-4-2-10(3-5-11)16-13(18)15-12(17)14(16)6-8-19-9-7-14/h2-5H,6-9H2,1H3,(H,15,17,18). The number of rotatable bonds is 2. The first kappa shape index (κ1) is 13.5. The van der Waals surface area contributed by atoms with Crippen LogP contribution in [0.1, 0.15) is 12.8 Å². The number of nitrogens with zero attached hydrogens (tertiary/aromatic N) is 1. The summed E-state index contributed by atoms with van der Waals surface area (Å²) in [6, 6.07) is 7.36. The van der Waals surface area contributed by atoms with Gasteiger partial charge in [0.1, 0.15) is 5.54 Å². The third-order valence-electron chi connectivity index (χ3n) is 3.92. The minimum atomic E-state index is -0.782. The van der Waals surface area contributed by atoms with E-state index in [1.807, 2.05) is 30.5 Å². The Morgan fingerprint density at radius 2 is 1.85 bits per heavy atom. The Kier molecular flexibility index (Phi) is 3.43. The van der Waals surface area contributed by atoms with Crippen LogP contribution in [-0.2, 0) is 9.53 Å². The molecule has 0 saturated carbocycles. The maximum Gasteiger partial charge on any atom is 0.329 e. The van der Waals surface area contributed by atoms with E-state index < -0.39 is 5.54 Å². The molecule has 20 heavy (non-hydrogen) atoms. The predicted octanol–water partition coefficient (Wildman–Crippen LogP) is 2.01. The van der Waals surface area contributed by atoms with E-state index in [9.17, 15) is 9.59 Å². The topological polar surface area (TPSA) is 58.6 Å². The predicted molar refractivity (Wildman–Crippen MR) is 77.0 cm³/mol. The minimum absolute atomic E-state index is 0.209. The van der Waals surface area contributed by atoms with Gasteiger partial charge in [-0.1, -0.05) is 0 Å². The molecule has 0 unspecified atom stereocenters. The molecule has 106 valence electrons. The molecule has 2 saturated heterocycles. The van der Waals surface area contributed by atoms with Crippen LogP contribution in [0.3, 0.4) is 0 Å². The SMILES string of the molecule is CSc1ccc(N2C(=O)NC(=O)C23CCOCC3)cc1. The number of anilines is 1. The van der Waals surface area contributed by atoms with E-state index in [0.29, 0.717) is 26.1 Å². The van der Waals surface area contributed by atoms with Gasteiger partial charge in [0.25, 0.3) is 5.91 Å². The van der Waals surface area contributed by atoms with Crippen LogP contribution in [0.2, 0.25) is 0 Å². The van der Waals surface area contributed by atoms with Crippen molar-refractivity contribution in [2.24, 2.45) is 0 Å². The van der Waals surface area contributed by atoms with Crippen molar-refractivity contribution in [2.45, 2.75) is 23.3 Å². The van der Waals surface area contributed by atoms with E-state index >= 15 is 0 Å². The largest absolute Gasteiger partial charge is 0.381 e. The number of ether oxygens (including phenoxy) is 1. The van der Waals surface area contributed by atoms with Gasteiger partial charge in [0, 0.05) is 36.6 Å². The summed E-state index contributed by atoms with van der Waals surface area (Å²) in [5.41, 5.74) is -0.0241. The molecule has 0 atom stereocenters. The summed E-state index contributed by atoms with van der Waals surface area (Å²) in [5.74, 6) is -0.209. The summed E-state index contributed by atoms with van der Waals surface area (Å²) in [7, 11) is 0. The molecule has 1 N–H and O–H groups in total. The molecule has 5 nitrogen and oxygen atoms in total. The number of imide groups is 1. The van der Waals surface area contributed by atoms with Gasteiger partial charge < -0.3 is 4.74 Å². The maximum absolute atomic E-state index is 12.2. The van der Waals surface area contributed by atoms with E-state index in [2.05, 4.69) is 5.32 Å². The van der Waals surface area contributed by atoms with Crippen molar-refractivity contribution in [1.82, 2.24) is 5.32 Å². The Morgan fingerprint density at radius 3 is 2.45 bits per heavy atom. The molecular weight excluding hydrogens is 276 g/mol. The number of nitrogens with one attached hydrogen (secondary N) is 1. The van der Waals surface area contributed by atoms with Crippen LogP contribution in [0.5, 0.6) is 0 Å². The Labute approximate surface area is 121 Å². The van der Waals surface area contributed by atoms with E-state index in [0.717, 1.165) is 10.6 Å². The summed E-state index contributed by atoms with van der Waals surface area (Å²) in [4.78, 5) is 27.1. The van der Waals surface area contributed by atoms with Crippen LogP contribution in [0.25, 0.3) is 0 Å². The highest BCUT2D eigenvalue weighted by Gasteiger charge is 2.54. The van der Waals surface area contributed by atoms with Crippen LogP contribution in [0.15, 0.2) is 29.2 Å². The van der Waals surface area contributed by atoms with E-state index in [1.165, 1.54) is 0 Å². The van der Waals surface area contributed by atoms with Crippen LogP contribution >= 0.6 is 11.8 Å². The zero-order valence-corrected chi connectivity index (χ0v) is 12.0. The molecular formula is C14H16N2O3S. The van der Waals surface area contributed by atoms with Gasteiger partial charge in [0.15, 0.2) is 0 Å². The second-order valence-electron chi connectivity index (χ2n) is 4.94. The first-order valence-electron chi connectivity index (χ1n) is 6.55. The Bertz CT molecular complexity index is 538. The Morgan fingerprint density at radius 1 is 1.20 bits per heavy atom. The second-order valence-corrected chi connectivity index (χ2v) is 5.82. The lowest BCUT2D eigenvalue weighted by atomic mass is 9.88. The van der Waals surface area contributed by atoms with Gasteiger partial charge in [0.2, 0.25) is 0 Å². The molecule has 1 spiro atoms. The Hall–Kier alpha value is -1.53. The van der Waals surface area contributed by atoms with Gasteiger partial charge in [-0.05, 0) is 30.5 Å². The quantitative estimate of drug-likeness (QED) is 0.669. The zero-order chi connectivity index (χ0) is 14.2. The van der Waals surface area contributed by atoms with Gasteiger partial charge in [-0.2, -0.15) is 0 Å². The number of thioether (sulfide) groups is 1. The number of hydrogen-bond acceptors (Lipinski definition) is 4. The molecule has 0 aliphatic carbocycles. The van der Waals surface area contributed by atoms with Gasteiger partial charge in [-0.3, -0.25) is 15.0 Å². The third-order valence-corrected chi connectivity index (χ3v) is 4.67. The summed E-state index contributed by atoms with van der Waals surface area (Å²) in [5, 5.41) is 2.44. The average molecular weight is 292 g/mol.